The molecule has 0 spiro atoms. The lowest BCUT2D eigenvalue weighted by molar-refractivity contribution is 0.0964. The van der Waals surface area contributed by atoms with Crippen molar-refractivity contribution in [3.63, 3.8) is 0 Å². The molecule has 1 aliphatic carbocycles. The van der Waals surface area contributed by atoms with E-state index in [-0.39, 0.29) is 23.0 Å². The molecule has 3 aliphatic rings. The number of aliphatic hydroxyl groups excluding tert-OH is 1. The summed E-state index contributed by atoms with van der Waals surface area (Å²) in [6.07, 6.45) is 9.01. The Bertz CT molecular complexity index is 1750. The SMILES string of the molecule is CN1CCN(/C(N)=C/C=C(\N)Nc2cc(-c3cc(F)cc(N4CCn5c(cc6c5CCCC6)C4=O)c3CO)cn(C)c2=O)CC1. The number of likely N-dealkylation sites (N-methyl/N-ethyl adjacent to an activating group) is 1. The summed E-state index contributed by atoms with van der Waals surface area (Å²) in [4.78, 5) is 32.7. The number of nitrogens with one attached hydrogen (secondary N) is 1. The highest BCUT2D eigenvalue weighted by Crippen LogP contribution is 2.36. The van der Waals surface area contributed by atoms with Gasteiger partial charge in [-0.3, -0.25) is 9.59 Å². The fourth-order valence-electron chi connectivity index (χ4n) is 6.65. The van der Waals surface area contributed by atoms with E-state index in [0.717, 1.165) is 51.9 Å². The lowest BCUT2D eigenvalue weighted by atomic mass is 9.97. The maximum atomic E-state index is 15.3. The van der Waals surface area contributed by atoms with Crippen molar-refractivity contribution in [2.24, 2.45) is 18.5 Å². The second kappa shape index (κ2) is 12.4. The van der Waals surface area contributed by atoms with Gasteiger partial charge in [-0.25, -0.2) is 4.39 Å². The quantitative estimate of drug-likeness (QED) is 0.297. The maximum absolute atomic E-state index is 15.3. The molecule has 6 N–H and O–H groups in total. The molecule has 0 unspecified atom stereocenters. The predicted molar refractivity (Wildman–Crippen MR) is 173 cm³/mol. The highest BCUT2D eigenvalue weighted by molar-refractivity contribution is 6.07. The topological polar surface area (TPSA) is 138 Å². The second-order valence-corrected chi connectivity index (χ2v) is 12.1. The Morgan fingerprint density at radius 1 is 0.978 bits per heavy atom. The Morgan fingerprint density at radius 3 is 2.49 bits per heavy atom. The smallest absolute Gasteiger partial charge is 0.274 e. The summed E-state index contributed by atoms with van der Waals surface area (Å²) in [6.45, 7) is 3.96. The number of pyridine rings is 1. The third-order valence-electron chi connectivity index (χ3n) is 9.13. The highest BCUT2D eigenvalue weighted by atomic mass is 19.1. The zero-order chi connectivity index (χ0) is 31.8. The molecule has 11 nitrogen and oxygen atoms in total. The van der Waals surface area contributed by atoms with E-state index in [9.17, 15) is 14.7 Å². The van der Waals surface area contributed by atoms with Crippen LogP contribution < -0.4 is 27.2 Å². The van der Waals surface area contributed by atoms with Crippen LogP contribution in [0.1, 0.15) is 40.2 Å². The molecular weight excluding hydrogens is 575 g/mol. The number of hydrogen-bond acceptors (Lipinski definition) is 8. The minimum atomic E-state index is -0.558. The van der Waals surface area contributed by atoms with E-state index < -0.39 is 12.4 Å². The van der Waals surface area contributed by atoms with E-state index in [1.165, 1.54) is 28.0 Å². The van der Waals surface area contributed by atoms with Crippen molar-refractivity contribution in [2.75, 3.05) is 50.0 Å². The van der Waals surface area contributed by atoms with Gasteiger partial charge in [0.25, 0.3) is 11.5 Å². The van der Waals surface area contributed by atoms with Crippen molar-refractivity contribution in [1.29, 1.82) is 0 Å². The third-order valence-corrected chi connectivity index (χ3v) is 9.13. The number of benzene rings is 1. The van der Waals surface area contributed by atoms with Gasteiger partial charge in [0.15, 0.2) is 0 Å². The summed E-state index contributed by atoms with van der Waals surface area (Å²) < 4.78 is 18.7. The number of aryl methyl sites for hydroxylation is 2. The standard InChI is InChI=1S/C33H41FN8O3/c1-38-9-11-40(12-10-38)31(36)8-7-30(35)37-26-15-22(19-39(2)32(26)44)24-17-23(34)18-28(25(24)20-43)42-14-13-41-27-6-4-3-5-21(27)16-29(41)33(42)45/h7-8,15-19,37,43H,3-6,9-14,20,35-36H2,1-2H3/b30-7+,31-8+. The summed E-state index contributed by atoms with van der Waals surface area (Å²) in [7, 11) is 3.66. The first-order chi connectivity index (χ1) is 21.6. The molecule has 1 aromatic carbocycles. The molecule has 0 atom stereocenters. The van der Waals surface area contributed by atoms with Crippen molar-refractivity contribution >= 4 is 17.3 Å². The molecule has 3 aromatic rings. The largest absolute Gasteiger partial charge is 0.392 e. The van der Waals surface area contributed by atoms with Gasteiger partial charge in [0, 0.05) is 69.3 Å². The van der Waals surface area contributed by atoms with Crippen LogP contribution >= 0.6 is 0 Å². The fraction of sp³-hybridized carbons (Fsp3) is 0.394. The van der Waals surface area contributed by atoms with Gasteiger partial charge in [-0.15, -0.1) is 0 Å². The minimum absolute atomic E-state index is 0.169. The number of rotatable bonds is 7. The van der Waals surface area contributed by atoms with Crippen molar-refractivity contribution < 1.29 is 14.3 Å². The average Bonchev–Trinajstić information content (AvgIpc) is 3.42. The lowest BCUT2D eigenvalue weighted by Gasteiger charge is -2.33. The van der Waals surface area contributed by atoms with Crippen LogP contribution in [0.25, 0.3) is 11.1 Å². The Labute approximate surface area is 261 Å². The number of nitrogens with zero attached hydrogens (tertiary/aromatic N) is 5. The lowest BCUT2D eigenvalue weighted by Crippen LogP contribution is -2.45. The molecule has 6 rings (SSSR count). The number of amides is 1. The number of fused-ring (bicyclic) bond motifs is 3. The molecule has 0 saturated carbocycles. The number of carbonyl (C=O) groups is 1. The minimum Gasteiger partial charge on any atom is -0.392 e. The van der Waals surface area contributed by atoms with Crippen LogP contribution in [-0.4, -0.2) is 69.7 Å². The van der Waals surface area contributed by atoms with Crippen molar-refractivity contribution in [2.45, 2.75) is 38.8 Å². The molecule has 1 saturated heterocycles. The summed E-state index contributed by atoms with van der Waals surface area (Å²) in [6, 6.07) is 6.15. The Hall–Kier alpha value is -4.55. The van der Waals surface area contributed by atoms with Gasteiger partial charge in [0.2, 0.25) is 0 Å². The van der Waals surface area contributed by atoms with E-state index in [0.29, 0.717) is 47.0 Å². The first kappa shape index (κ1) is 30.5. The van der Waals surface area contributed by atoms with Crippen LogP contribution in [0, 0.1) is 5.82 Å². The summed E-state index contributed by atoms with van der Waals surface area (Å²) in [5.41, 5.74) is 16.9. The van der Waals surface area contributed by atoms with Gasteiger partial charge in [-0.1, -0.05) is 0 Å². The van der Waals surface area contributed by atoms with Gasteiger partial charge in [0.1, 0.15) is 23.0 Å². The van der Waals surface area contributed by atoms with E-state index in [1.807, 2.05) is 6.07 Å². The number of nitrogens with two attached hydrogens (primary N) is 2. The van der Waals surface area contributed by atoms with Gasteiger partial charge < -0.3 is 45.7 Å². The van der Waals surface area contributed by atoms with E-state index in [1.54, 1.807) is 36.4 Å². The zero-order valence-corrected chi connectivity index (χ0v) is 25.9. The normalized spacial score (nSPS) is 17.8. The number of piperazine rings is 1. The molecule has 238 valence electrons. The Morgan fingerprint density at radius 2 is 1.73 bits per heavy atom. The number of aliphatic hydroxyl groups is 1. The highest BCUT2D eigenvalue weighted by Gasteiger charge is 2.32. The van der Waals surface area contributed by atoms with Gasteiger partial charge in [0.05, 0.1) is 18.1 Å². The molecule has 1 amide bonds. The van der Waals surface area contributed by atoms with Crippen LogP contribution in [0.5, 0.6) is 0 Å². The monoisotopic (exact) mass is 616 g/mol. The summed E-state index contributed by atoms with van der Waals surface area (Å²) in [5.74, 6) is 0.00593. The number of anilines is 2. The van der Waals surface area contributed by atoms with Gasteiger partial charge in [-0.05, 0) is 80.3 Å². The number of halogens is 1. The first-order valence-corrected chi connectivity index (χ1v) is 15.5. The summed E-state index contributed by atoms with van der Waals surface area (Å²) >= 11 is 0. The fourth-order valence-corrected chi connectivity index (χ4v) is 6.65. The van der Waals surface area contributed by atoms with Crippen LogP contribution in [0.3, 0.4) is 0 Å². The van der Waals surface area contributed by atoms with Crippen molar-refractivity contribution in [3.8, 4) is 11.1 Å². The zero-order valence-electron chi connectivity index (χ0n) is 25.9. The van der Waals surface area contributed by atoms with Gasteiger partial charge >= 0.3 is 0 Å². The maximum Gasteiger partial charge on any atom is 0.274 e. The molecule has 12 heteroatoms. The van der Waals surface area contributed by atoms with Crippen LogP contribution in [0.2, 0.25) is 0 Å². The Balaban J connectivity index is 1.31. The molecule has 4 heterocycles. The molecular formula is C33H41FN8O3. The number of hydrogen-bond donors (Lipinski definition) is 4. The first-order valence-electron chi connectivity index (χ1n) is 15.5. The number of carbonyl (C=O) groups excluding carboxylic acids is 1. The summed E-state index contributed by atoms with van der Waals surface area (Å²) in [5, 5.41) is 13.5. The third kappa shape index (κ3) is 5.95. The van der Waals surface area contributed by atoms with Crippen LogP contribution in [0.4, 0.5) is 15.8 Å². The molecule has 0 radical (unpaired) electrons. The van der Waals surface area contributed by atoms with Gasteiger partial charge in [-0.2, -0.15) is 0 Å². The molecule has 1 fully saturated rings. The van der Waals surface area contributed by atoms with E-state index in [4.69, 9.17) is 11.5 Å². The molecule has 45 heavy (non-hydrogen) atoms. The van der Waals surface area contributed by atoms with E-state index in [2.05, 4.69) is 26.7 Å². The van der Waals surface area contributed by atoms with E-state index >= 15 is 4.39 Å². The number of allylic oxidation sites excluding steroid dienone is 2. The number of aromatic nitrogens is 2. The average molecular weight is 617 g/mol. The van der Waals surface area contributed by atoms with Crippen molar-refractivity contribution in [1.82, 2.24) is 18.9 Å². The molecule has 2 aromatic heterocycles. The molecule has 2 aliphatic heterocycles. The molecule has 0 bridgehead atoms. The Kier molecular flexibility index (Phi) is 8.43. The second-order valence-electron chi connectivity index (χ2n) is 12.1. The predicted octanol–water partition coefficient (Wildman–Crippen LogP) is 2.28. The van der Waals surface area contributed by atoms with Crippen molar-refractivity contribution in [3.05, 3.63) is 92.9 Å². The van der Waals surface area contributed by atoms with Crippen LogP contribution in [0.15, 0.2) is 59.1 Å². The van der Waals surface area contributed by atoms with Crippen LogP contribution in [-0.2, 0) is 33.0 Å².